The topological polar surface area (TPSA) is 91.8 Å². The average Bonchev–Trinajstić information content (AvgIpc) is 2.24. The first kappa shape index (κ1) is 14.9. The molecule has 7 heteroatoms. The van der Waals surface area contributed by atoms with Gasteiger partial charge in [0, 0.05) is 25.8 Å². The number of hydrogen-bond donors (Lipinski definition) is 1. The zero-order valence-electron chi connectivity index (χ0n) is 10.5. The van der Waals surface area contributed by atoms with Crippen LogP contribution in [0.1, 0.15) is 25.7 Å². The van der Waals surface area contributed by atoms with Gasteiger partial charge in [-0.1, -0.05) is 0 Å². The number of carboxylic acid groups (broad SMARTS) is 1. The van der Waals surface area contributed by atoms with Gasteiger partial charge >= 0.3 is 5.97 Å². The molecule has 0 radical (unpaired) electrons. The lowest BCUT2D eigenvalue weighted by atomic mass is 9.93. The molecule has 0 aromatic heterocycles. The molecule has 1 aliphatic heterocycles. The molecule has 1 fully saturated rings. The van der Waals surface area contributed by atoms with Crippen LogP contribution < -0.4 is 0 Å². The lowest BCUT2D eigenvalue weighted by Crippen LogP contribution is -2.42. The van der Waals surface area contributed by atoms with Gasteiger partial charge in [-0.05, 0) is 25.2 Å². The van der Waals surface area contributed by atoms with E-state index in [1.165, 1.54) is 4.90 Å². The van der Waals surface area contributed by atoms with E-state index < -0.39 is 21.6 Å². The fourth-order valence-corrected chi connectivity index (χ4v) is 2.80. The van der Waals surface area contributed by atoms with E-state index in [2.05, 4.69) is 0 Å². The van der Waals surface area contributed by atoms with E-state index in [1.54, 1.807) is 0 Å². The molecule has 1 atom stereocenters. The number of aliphatic carboxylic acids is 1. The number of carbonyl (C=O) groups excluding carboxylic acids is 1. The fourth-order valence-electron chi connectivity index (χ4n) is 2.17. The van der Waals surface area contributed by atoms with Crippen molar-refractivity contribution in [1.29, 1.82) is 0 Å². The van der Waals surface area contributed by atoms with Crippen molar-refractivity contribution in [2.45, 2.75) is 25.7 Å². The van der Waals surface area contributed by atoms with Crippen LogP contribution in [0.3, 0.4) is 0 Å². The average molecular weight is 277 g/mol. The number of amides is 1. The Morgan fingerprint density at radius 2 is 2.06 bits per heavy atom. The first-order valence-electron chi connectivity index (χ1n) is 5.95. The van der Waals surface area contributed by atoms with Gasteiger partial charge in [-0.2, -0.15) is 0 Å². The predicted molar refractivity (Wildman–Crippen MR) is 65.9 cm³/mol. The molecule has 1 rings (SSSR count). The maximum absolute atomic E-state index is 11.7. The molecule has 1 amide bonds. The van der Waals surface area contributed by atoms with Crippen molar-refractivity contribution in [3.05, 3.63) is 0 Å². The molecule has 1 aliphatic rings. The number of carboxylic acids is 1. The summed E-state index contributed by atoms with van der Waals surface area (Å²) in [5.41, 5.74) is 0. The van der Waals surface area contributed by atoms with Gasteiger partial charge in [0.05, 0.1) is 0 Å². The van der Waals surface area contributed by atoms with Crippen molar-refractivity contribution in [3.63, 3.8) is 0 Å². The van der Waals surface area contributed by atoms with Crippen LogP contribution in [0.15, 0.2) is 0 Å². The van der Waals surface area contributed by atoms with Crippen molar-refractivity contribution in [2.75, 3.05) is 25.1 Å². The fraction of sp³-hybridized carbons (Fsp3) is 0.818. The van der Waals surface area contributed by atoms with Gasteiger partial charge in [-0.25, -0.2) is 8.42 Å². The summed E-state index contributed by atoms with van der Waals surface area (Å²) in [5, 5.41) is 8.61. The maximum Gasteiger partial charge on any atom is 0.303 e. The molecule has 0 aliphatic carbocycles. The number of nitrogens with zero attached hydrogens (tertiary/aromatic N) is 1. The minimum atomic E-state index is -3.30. The number of rotatable bonds is 5. The molecule has 1 saturated heterocycles. The summed E-state index contributed by atoms with van der Waals surface area (Å²) in [6, 6.07) is 0. The molecule has 1 N–H and O–H groups in total. The van der Waals surface area contributed by atoms with Crippen LogP contribution in [0.25, 0.3) is 0 Å². The van der Waals surface area contributed by atoms with E-state index in [0.717, 1.165) is 19.1 Å². The van der Waals surface area contributed by atoms with Crippen LogP contribution in [-0.4, -0.2) is 55.4 Å². The summed E-state index contributed by atoms with van der Waals surface area (Å²) in [4.78, 5) is 23.8. The lowest BCUT2D eigenvalue weighted by Gasteiger charge is -2.32. The number of sulfone groups is 1. The van der Waals surface area contributed by atoms with Gasteiger partial charge in [0.2, 0.25) is 5.91 Å². The molecule has 1 unspecified atom stereocenters. The first-order chi connectivity index (χ1) is 8.28. The summed E-state index contributed by atoms with van der Waals surface area (Å²) in [7, 11) is -3.30. The predicted octanol–water partition coefficient (Wildman–Crippen LogP) is 0.134. The Kier molecular flexibility index (Phi) is 5.13. The Labute approximate surface area is 107 Å². The molecular weight excluding hydrogens is 258 g/mol. The van der Waals surface area contributed by atoms with Gasteiger partial charge < -0.3 is 10.0 Å². The summed E-state index contributed by atoms with van der Waals surface area (Å²) in [6.45, 7) is 1.04. The molecule has 1 heterocycles. The van der Waals surface area contributed by atoms with Crippen molar-refractivity contribution < 1.29 is 23.1 Å². The van der Waals surface area contributed by atoms with E-state index in [0.29, 0.717) is 19.5 Å². The molecule has 0 aromatic rings. The number of hydrogen-bond acceptors (Lipinski definition) is 4. The van der Waals surface area contributed by atoms with Gasteiger partial charge in [0.1, 0.15) is 5.75 Å². The lowest BCUT2D eigenvalue weighted by molar-refractivity contribution is -0.137. The highest BCUT2D eigenvalue weighted by Gasteiger charge is 2.25. The Hall–Kier alpha value is -1.11. The molecule has 104 valence electrons. The van der Waals surface area contributed by atoms with E-state index >= 15 is 0 Å². The van der Waals surface area contributed by atoms with Crippen LogP contribution in [0, 0.1) is 5.92 Å². The Balaban J connectivity index is 2.48. The quantitative estimate of drug-likeness (QED) is 0.771. The van der Waals surface area contributed by atoms with Gasteiger partial charge in [-0.3, -0.25) is 9.59 Å². The Morgan fingerprint density at radius 3 is 2.61 bits per heavy atom. The van der Waals surface area contributed by atoms with Gasteiger partial charge in [0.15, 0.2) is 9.84 Å². The Morgan fingerprint density at radius 1 is 1.39 bits per heavy atom. The van der Waals surface area contributed by atoms with E-state index in [-0.39, 0.29) is 18.2 Å². The molecule has 18 heavy (non-hydrogen) atoms. The second-order valence-corrected chi connectivity index (χ2v) is 6.99. The van der Waals surface area contributed by atoms with Crippen molar-refractivity contribution in [1.82, 2.24) is 4.90 Å². The van der Waals surface area contributed by atoms with E-state index in [9.17, 15) is 18.0 Å². The minimum Gasteiger partial charge on any atom is -0.481 e. The third-order valence-electron chi connectivity index (χ3n) is 3.02. The van der Waals surface area contributed by atoms with Crippen LogP contribution in [0.5, 0.6) is 0 Å². The van der Waals surface area contributed by atoms with Crippen LogP contribution in [0.4, 0.5) is 0 Å². The van der Waals surface area contributed by atoms with Gasteiger partial charge in [0.25, 0.3) is 0 Å². The Bertz CT molecular complexity index is 417. The third kappa shape index (κ3) is 5.48. The normalized spacial score (nSPS) is 20.7. The zero-order chi connectivity index (χ0) is 13.8. The second kappa shape index (κ2) is 6.17. The van der Waals surface area contributed by atoms with Gasteiger partial charge in [-0.15, -0.1) is 0 Å². The highest BCUT2D eigenvalue weighted by atomic mass is 32.2. The SMILES string of the molecule is CS(=O)(=O)CC(=O)N1CCCC(CCC(=O)O)C1. The molecule has 6 nitrogen and oxygen atoms in total. The standard InChI is InChI=1S/C11H19NO5S/c1-18(16,17)8-10(13)12-6-2-3-9(7-12)4-5-11(14)15/h9H,2-8H2,1H3,(H,14,15). The van der Waals surface area contributed by atoms with Crippen LogP contribution in [-0.2, 0) is 19.4 Å². The summed E-state index contributed by atoms with van der Waals surface area (Å²) in [5.74, 6) is -1.51. The van der Waals surface area contributed by atoms with Crippen LogP contribution in [0.2, 0.25) is 0 Å². The number of likely N-dealkylation sites (tertiary alicyclic amines) is 1. The number of carbonyl (C=O) groups is 2. The minimum absolute atomic E-state index is 0.0960. The second-order valence-electron chi connectivity index (χ2n) is 4.85. The molecule has 0 bridgehead atoms. The highest BCUT2D eigenvalue weighted by Crippen LogP contribution is 2.21. The van der Waals surface area contributed by atoms with Crippen molar-refractivity contribution in [3.8, 4) is 0 Å². The molecule has 0 saturated carbocycles. The third-order valence-corrected chi connectivity index (χ3v) is 3.80. The van der Waals surface area contributed by atoms with Crippen molar-refractivity contribution >= 4 is 21.7 Å². The largest absolute Gasteiger partial charge is 0.481 e. The van der Waals surface area contributed by atoms with E-state index in [1.807, 2.05) is 0 Å². The first-order valence-corrected chi connectivity index (χ1v) is 8.01. The summed E-state index contributed by atoms with van der Waals surface area (Å²) >= 11 is 0. The molecule has 0 spiro atoms. The number of piperidine rings is 1. The smallest absolute Gasteiger partial charge is 0.303 e. The zero-order valence-corrected chi connectivity index (χ0v) is 11.3. The monoisotopic (exact) mass is 277 g/mol. The summed E-state index contributed by atoms with van der Waals surface area (Å²) < 4.78 is 22.1. The highest BCUT2D eigenvalue weighted by molar-refractivity contribution is 7.91. The van der Waals surface area contributed by atoms with Crippen LogP contribution >= 0.6 is 0 Å². The molecule has 0 aromatic carbocycles. The summed E-state index contributed by atoms with van der Waals surface area (Å²) in [6.07, 6.45) is 3.38. The van der Waals surface area contributed by atoms with E-state index in [4.69, 9.17) is 5.11 Å². The molecular formula is C11H19NO5S. The maximum atomic E-state index is 11.7. The van der Waals surface area contributed by atoms with Crippen molar-refractivity contribution in [2.24, 2.45) is 5.92 Å².